The van der Waals surface area contributed by atoms with Crippen molar-refractivity contribution in [3.63, 3.8) is 0 Å². The summed E-state index contributed by atoms with van der Waals surface area (Å²) in [6, 6.07) is 4.77. The summed E-state index contributed by atoms with van der Waals surface area (Å²) in [6.45, 7) is 4.98. The smallest absolute Gasteiger partial charge is 0.223 e. The Bertz CT molecular complexity index is 706. The molecule has 2 heterocycles. The quantitative estimate of drug-likeness (QED) is 0.824. The average Bonchev–Trinajstić information content (AvgIpc) is 2.93. The van der Waals surface area contributed by atoms with Gasteiger partial charge in [0.15, 0.2) is 9.84 Å². The lowest BCUT2D eigenvalue weighted by atomic mass is 9.92. The maximum atomic E-state index is 13.0. The van der Waals surface area contributed by atoms with Gasteiger partial charge in [-0.05, 0) is 69.0 Å². The van der Waals surface area contributed by atoms with Gasteiger partial charge in [0.1, 0.15) is 5.82 Å². The highest BCUT2D eigenvalue weighted by Crippen LogP contribution is 2.28. The zero-order valence-corrected chi connectivity index (χ0v) is 15.3. The van der Waals surface area contributed by atoms with Crippen LogP contribution in [0.1, 0.15) is 26.2 Å². The maximum Gasteiger partial charge on any atom is 0.223 e. The minimum Gasteiger partial charge on any atom is -0.343 e. The van der Waals surface area contributed by atoms with E-state index in [1.54, 1.807) is 6.92 Å². The molecule has 0 aromatic heterocycles. The predicted octanol–water partition coefficient (Wildman–Crippen LogP) is 1.84. The fourth-order valence-corrected chi connectivity index (χ4v) is 5.15. The molecule has 2 aliphatic heterocycles. The van der Waals surface area contributed by atoms with E-state index in [0.717, 1.165) is 38.1 Å². The van der Waals surface area contributed by atoms with Gasteiger partial charge in [0.25, 0.3) is 0 Å². The van der Waals surface area contributed by atoms with E-state index in [1.165, 1.54) is 12.1 Å². The van der Waals surface area contributed by atoms with Crippen LogP contribution in [0.4, 0.5) is 4.39 Å². The number of rotatable bonds is 4. The van der Waals surface area contributed by atoms with Gasteiger partial charge in [-0.1, -0.05) is 0 Å². The summed E-state index contributed by atoms with van der Waals surface area (Å²) < 4.78 is 38.2. The number of fused-ring (bicyclic) bond motifs is 1. The van der Waals surface area contributed by atoms with Crippen LogP contribution in [0.2, 0.25) is 0 Å². The second kappa shape index (κ2) is 7.41. The molecular formula is C18H25FN2O3S. The SMILES string of the molecule is CC(CC(=O)N1CC[C@@H]2CNC[C@@H]2CC1)S(=O)(=O)c1ccc(F)cc1. The number of carbonyl (C=O) groups is 1. The first-order chi connectivity index (χ1) is 11.9. The summed E-state index contributed by atoms with van der Waals surface area (Å²) >= 11 is 0. The van der Waals surface area contributed by atoms with Crippen molar-refractivity contribution in [3.05, 3.63) is 30.1 Å². The van der Waals surface area contributed by atoms with Crippen molar-refractivity contribution >= 4 is 15.7 Å². The van der Waals surface area contributed by atoms with Crippen LogP contribution in [0.5, 0.6) is 0 Å². The van der Waals surface area contributed by atoms with Gasteiger partial charge < -0.3 is 10.2 Å². The molecule has 2 saturated heterocycles. The van der Waals surface area contributed by atoms with Gasteiger partial charge in [-0.2, -0.15) is 0 Å². The van der Waals surface area contributed by atoms with Crippen LogP contribution in [0, 0.1) is 17.7 Å². The highest BCUT2D eigenvalue weighted by atomic mass is 32.2. The minimum absolute atomic E-state index is 0.0344. The van der Waals surface area contributed by atoms with Crippen LogP contribution in [-0.4, -0.2) is 50.7 Å². The highest BCUT2D eigenvalue weighted by Gasteiger charge is 2.33. The molecule has 5 nitrogen and oxygen atoms in total. The Morgan fingerprint density at radius 1 is 1.20 bits per heavy atom. The lowest BCUT2D eigenvalue weighted by Gasteiger charge is -2.23. The van der Waals surface area contributed by atoms with E-state index in [9.17, 15) is 17.6 Å². The monoisotopic (exact) mass is 368 g/mol. The van der Waals surface area contributed by atoms with E-state index < -0.39 is 20.9 Å². The lowest BCUT2D eigenvalue weighted by Crippen LogP contribution is -2.36. The molecule has 25 heavy (non-hydrogen) atoms. The first kappa shape index (κ1) is 18.3. The van der Waals surface area contributed by atoms with Gasteiger partial charge in [-0.25, -0.2) is 12.8 Å². The zero-order chi connectivity index (χ0) is 18.0. The Labute approximate surface area is 148 Å². The van der Waals surface area contributed by atoms with Crippen LogP contribution in [0.3, 0.4) is 0 Å². The van der Waals surface area contributed by atoms with Crippen LogP contribution >= 0.6 is 0 Å². The Kier molecular flexibility index (Phi) is 5.43. The van der Waals surface area contributed by atoms with Crippen molar-refractivity contribution in [2.45, 2.75) is 36.3 Å². The lowest BCUT2D eigenvalue weighted by molar-refractivity contribution is -0.131. The molecule has 0 radical (unpaired) electrons. The van der Waals surface area contributed by atoms with Gasteiger partial charge in [0, 0.05) is 19.5 Å². The molecule has 138 valence electrons. The van der Waals surface area contributed by atoms with Crippen molar-refractivity contribution in [2.75, 3.05) is 26.2 Å². The summed E-state index contributed by atoms with van der Waals surface area (Å²) in [4.78, 5) is 14.5. The number of halogens is 1. The van der Waals surface area contributed by atoms with Crippen LogP contribution in [0.15, 0.2) is 29.2 Å². The summed E-state index contributed by atoms with van der Waals surface area (Å²) in [7, 11) is -3.64. The molecule has 0 aliphatic carbocycles. The van der Waals surface area contributed by atoms with Gasteiger partial charge in [0.2, 0.25) is 5.91 Å². The predicted molar refractivity (Wildman–Crippen MR) is 93.3 cm³/mol. The van der Waals surface area contributed by atoms with E-state index in [-0.39, 0.29) is 17.2 Å². The summed E-state index contributed by atoms with van der Waals surface area (Å²) in [5, 5.41) is 2.58. The molecule has 1 aromatic carbocycles. The standard InChI is InChI=1S/C18H25FN2O3S/c1-13(25(23,24)17-4-2-16(19)3-5-17)10-18(22)21-8-6-14-11-20-12-15(14)7-9-21/h2-5,13-15,20H,6-12H2,1H3/t13?,14-,15+. The maximum absolute atomic E-state index is 13.0. The average molecular weight is 368 g/mol. The van der Waals surface area contributed by atoms with Crippen molar-refractivity contribution in [1.82, 2.24) is 10.2 Å². The molecule has 3 rings (SSSR count). The Morgan fingerprint density at radius 3 is 2.32 bits per heavy atom. The number of sulfone groups is 1. The third kappa shape index (κ3) is 4.03. The van der Waals surface area contributed by atoms with Crippen molar-refractivity contribution in [2.24, 2.45) is 11.8 Å². The summed E-state index contributed by atoms with van der Waals surface area (Å²) in [5.74, 6) is 0.662. The third-order valence-electron chi connectivity index (χ3n) is 5.51. The third-order valence-corrected chi connectivity index (χ3v) is 7.66. The summed E-state index contributed by atoms with van der Waals surface area (Å²) in [5.41, 5.74) is 0. The summed E-state index contributed by atoms with van der Waals surface area (Å²) in [6.07, 6.45) is 1.91. The fraction of sp³-hybridized carbons (Fsp3) is 0.611. The number of amides is 1. The number of hydrogen-bond donors (Lipinski definition) is 1. The Morgan fingerprint density at radius 2 is 1.76 bits per heavy atom. The second-order valence-electron chi connectivity index (χ2n) is 7.15. The van der Waals surface area contributed by atoms with E-state index in [4.69, 9.17) is 0 Å². The van der Waals surface area contributed by atoms with E-state index in [1.807, 2.05) is 4.90 Å². The molecule has 1 aromatic rings. The first-order valence-corrected chi connectivity index (χ1v) is 10.4. The topological polar surface area (TPSA) is 66.5 Å². The fourth-order valence-electron chi connectivity index (χ4n) is 3.81. The second-order valence-corrected chi connectivity index (χ2v) is 9.52. The van der Waals surface area contributed by atoms with Gasteiger partial charge in [-0.3, -0.25) is 4.79 Å². The molecule has 0 saturated carbocycles. The first-order valence-electron chi connectivity index (χ1n) is 8.86. The van der Waals surface area contributed by atoms with Gasteiger partial charge >= 0.3 is 0 Å². The molecule has 1 N–H and O–H groups in total. The van der Waals surface area contributed by atoms with Gasteiger partial charge in [-0.15, -0.1) is 0 Å². The number of carbonyl (C=O) groups excluding carboxylic acids is 1. The minimum atomic E-state index is -3.64. The van der Waals surface area contributed by atoms with Crippen molar-refractivity contribution < 1.29 is 17.6 Å². The molecule has 1 unspecified atom stereocenters. The number of likely N-dealkylation sites (tertiary alicyclic amines) is 1. The van der Waals surface area contributed by atoms with Crippen LogP contribution in [0.25, 0.3) is 0 Å². The number of benzene rings is 1. The normalized spacial score (nSPS) is 25.3. The molecule has 3 atom stereocenters. The molecule has 2 fully saturated rings. The van der Waals surface area contributed by atoms with E-state index >= 15 is 0 Å². The highest BCUT2D eigenvalue weighted by molar-refractivity contribution is 7.92. The number of nitrogens with zero attached hydrogens (tertiary/aromatic N) is 1. The van der Waals surface area contributed by atoms with Crippen LogP contribution < -0.4 is 5.32 Å². The zero-order valence-electron chi connectivity index (χ0n) is 14.4. The molecular weight excluding hydrogens is 343 g/mol. The molecule has 0 bridgehead atoms. The van der Waals surface area contributed by atoms with Crippen molar-refractivity contribution in [3.8, 4) is 0 Å². The molecule has 7 heteroatoms. The molecule has 2 aliphatic rings. The molecule has 1 amide bonds. The Hall–Kier alpha value is -1.47. The van der Waals surface area contributed by atoms with Gasteiger partial charge in [0.05, 0.1) is 10.1 Å². The van der Waals surface area contributed by atoms with E-state index in [0.29, 0.717) is 24.9 Å². The number of nitrogens with one attached hydrogen (secondary N) is 1. The van der Waals surface area contributed by atoms with Crippen LogP contribution in [-0.2, 0) is 14.6 Å². The number of hydrogen-bond acceptors (Lipinski definition) is 4. The molecule has 0 spiro atoms. The van der Waals surface area contributed by atoms with Crippen molar-refractivity contribution in [1.29, 1.82) is 0 Å². The largest absolute Gasteiger partial charge is 0.343 e. The Balaban J connectivity index is 1.62. The van der Waals surface area contributed by atoms with E-state index in [2.05, 4.69) is 5.32 Å².